The second-order valence-corrected chi connectivity index (χ2v) is 4.95. The van der Waals surface area contributed by atoms with E-state index in [9.17, 15) is 0 Å². The average molecular weight is 228 g/mol. The molecule has 1 aliphatic heterocycles. The maximum Gasteiger partial charge on any atom is 0.0702 e. The van der Waals surface area contributed by atoms with E-state index in [2.05, 4.69) is 31.0 Å². The number of hydrogen-bond donors (Lipinski definition) is 1. The predicted molar refractivity (Wildman–Crippen MR) is 68.8 cm³/mol. The molecule has 3 nitrogen and oxygen atoms in total. The first kappa shape index (κ1) is 13.9. The molecule has 0 bridgehead atoms. The van der Waals surface area contributed by atoms with Crippen molar-refractivity contribution >= 4 is 0 Å². The minimum atomic E-state index is 0.459. The standard InChI is InChI=1S/C13H28N2O/c1-5-9-16-13-7-6-8-15(10-13)12(3)11(2)14-4/h11-14H,5-10H2,1-4H3. The highest BCUT2D eigenvalue weighted by Crippen LogP contribution is 2.17. The molecule has 3 unspecified atom stereocenters. The van der Waals surface area contributed by atoms with Gasteiger partial charge < -0.3 is 10.1 Å². The van der Waals surface area contributed by atoms with Crippen LogP contribution in [0.25, 0.3) is 0 Å². The Kier molecular flexibility index (Phi) is 6.32. The molecule has 1 rings (SSSR count). The molecule has 0 aliphatic carbocycles. The first-order valence-electron chi connectivity index (χ1n) is 6.72. The molecule has 0 aromatic rings. The molecule has 1 saturated heterocycles. The molecule has 0 spiro atoms. The summed E-state index contributed by atoms with van der Waals surface area (Å²) < 4.78 is 5.86. The molecule has 0 amide bonds. The lowest BCUT2D eigenvalue weighted by Gasteiger charge is -2.39. The third-order valence-corrected chi connectivity index (χ3v) is 3.72. The van der Waals surface area contributed by atoms with Crippen molar-refractivity contribution in [2.24, 2.45) is 0 Å². The van der Waals surface area contributed by atoms with E-state index in [0.29, 0.717) is 18.2 Å². The van der Waals surface area contributed by atoms with Gasteiger partial charge in [0.2, 0.25) is 0 Å². The van der Waals surface area contributed by atoms with Crippen LogP contribution in [0, 0.1) is 0 Å². The summed E-state index contributed by atoms with van der Waals surface area (Å²) in [6, 6.07) is 1.14. The zero-order valence-corrected chi connectivity index (χ0v) is 11.3. The Morgan fingerprint density at radius 1 is 1.44 bits per heavy atom. The van der Waals surface area contributed by atoms with Gasteiger partial charge >= 0.3 is 0 Å². The molecular formula is C13H28N2O. The van der Waals surface area contributed by atoms with E-state index in [0.717, 1.165) is 19.6 Å². The number of hydrogen-bond acceptors (Lipinski definition) is 3. The van der Waals surface area contributed by atoms with Crippen molar-refractivity contribution in [1.82, 2.24) is 10.2 Å². The highest BCUT2D eigenvalue weighted by Gasteiger charge is 2.25. The number of likely N-dealkylation sites (tertiary alicyclic amines) is 1. The SMILES string of the molecule is CCCOC1CCCN(C(C)C(C)NC)C1. The van der Waals surface area contributed by atoms with E-state index in [1.54, 1.807) is 0 Å². The molecule has 16 heavy (non-hydrogen) atoms. The summed E-state index contributed by atoms with van der Waals surface area (Å²) in [5.41, 5.74) is 0. The van der Waals surface area contributed by atoms with Crippen LogP contribution in [-0.2, 0) is 4.74 Å². The van der Waals surface area contributed by atoms with Crippen LogP contribution in [0.3, 0.4) is 0 Å². The van der Waals surface area contributed by atoms with Gasteiger partial charge in [-0.25, -0.2) is 0 Å². The number of nitrogens with zero attached hydrogens (tertiary/aromatic N) is 1. The summed E-state index contributed by atoms with van der Waals surface area (Å²) in [5, 5.41) is 3.34. The van der Waals surface area contributed by atoms with Gasteiger partial charge in [0, 0.05) is 25.2 Å². The van der Waals surface area contributed by atoms with Crippen LogP contribution in [0.1, 0.15) is 40.0 Å². The summed E-state index contributed by atoms with van der Waals surface area (Å²) in [4.78, 5) is 2.56. The van der Waals surface area contributed by atoms with Gasteiger partial charge in [0.05, 0.1) is 6.10 Å². The molecule has 3 atom stereocenters. The van der Waals surface area contributed by atoms with Crippen LogP contribution in [-0.4, -0.2) is 49.8 Å². The molecule has 1 heterocycles. The van der Waals surface area contributed by atoms with Crippen molar-refractivity contribution in [3.8, 4) is 0 Å². The summed E-state index contributed by atoms with van der Waals surface area (Å²) >= 11 is 0. The molecule has 0 radical (unpaired) electrons. The molecule has 1 N–H and O–H groups in total. The Morgan fingerprint density at radius 3 is 2.81 bits per heavy atom. The first-order chi connectivity index (χ1) is 7.69. The summed E-state index contributed by atoms with van der Waals surface area (Å²) in [6.45, 7) is 9.97. The van der Waals surface area contributed by atoms with E-state index < -0.39 is 0 Å². The second-order valence-electron chi connectivity index (χ2n) is 4.95. The van der Waals surface area contributed by atoms with Crippen molar-refractivity contribution in [2.75, 3.05) is 26.7 Å². The zero-order valence-electron chi connectivity index (χ0n) is 11.3. The van der Waals surface area contributed by atoms with Gasteiger partial charge in [-0.05, 0) is 46.7 Å². The van der Waals surface area contributed by atoms with Crippen LogP contribution >= 0.6 is 0 Å². The van der Waals surface area contributed by atoms with Crippen LogP contribution < -0.4 is 5.32 Å². The Morgan fingerprint density at radius 2 is 2.19 bits per heavy atom. The fraction of sp³-hybridized carbons (Fsp3) is 1.00. The van der Waals surface area contributed by atoms with Gasteiger partial charge in [0.15, 0.2) is 0 Å². The van der Waals surface area contributed by atoms with Crippen molar-refractivity contribution < 1.29 is 4.74 Å². The number of piperidine rings is 1. The highest BCUT2D eigenvalue weighted by molar-refractivity contribution is 4.82. The Bertz CT molecular complexity index is 187. The van der Waals surface area contributed by atoms with Crippen LogP contribution in [0.2, 0.25) is 0 Å². The lowest BCUT2D eigenvalue weighted by atomic mass is 10.0. The Hall–Kier alpha value is -0.120. The number of rotatable bonds is 6. The zero-order chi connectivity index (χ0) is 12.0. The first-order valence-corrected chi connectivity index (χ1v) is 6.72. The third-order valence-electron chi connectivity index (χ3n) is 3.72. The topological polar surface area (TPSA) is 24.5 Å². The van der Waals surface area contributed by atoms with E-state index in [1.165, 1.54) is 19.4 Å². The van der Waals surface area contributed by atoms with E-state index in [1.807, 2.05) is 7.05 Å². The van der Waals surface area contributed by atoms with Gasteiger partial charge in [0.25, 0.3) is 0 Å². The van der Waals surface area contributed by atoms with Gasteiger partial charge in [-0.15, -0.1) is 0 Å². The lowest BCUT2D eigenvalue weighted by molar-refractivity contribution is -0.0138. The predicted octanol–water partition coefficient (Wildman–Crippen LogP) is 1.87. The quantitative estimate of drug-likeness (QED) is 0.751. The van der Waals surface area contributed by atoms with E-state index in [-0.39, 0.29) is 0 Å². The molecular weight excluding hydrogens is 200 g/mol. The molecule has 0 aromatic carbocycles. The minimum Gasteiger partial charge on any atom is -0.377 e. The highest BCUT2D eigenvalue weighted by atomic mass is 16.5. The van der Waals surface area contributed by atoms with Gasteiger partial charge in [-0.2, -0.15) is 0 Å². The van der Waals surface area contributed by atoms with Gasteiger partial charge in [-0.1, -0.05) is 6.92 Å². The third kappa shape index (κ3) is 4.04. The monoisotopic (exact) mass is 228 g/mol. The lowest BCUT2D eigenvalue weighted by Crippen LogP contribution is -2.51. The molecule has 3 heteroatoms. The van der Waals surface area contributed by atoms with Crippen molar-refractivity contribution in [1.29, 1.82) is 0 Å². The normalized spacial score (nSPS) is 26.6. The van der Waals surface area contributed by atoms with E-state index >= 15 is 0 Å². The maximum absolute atomic E-state index is 5.86. The fourth-order valence-corrected chi connectivity index (χ4v) is 2.31. The summed E-state index contributed by atoms with van der Waals surface area (Å²) in [6.07, 6.45) is 4.09. The molecule has 1 fully saturated rings. The fourth-order valence-electron chi connectivity index (χ4n) is 2.31. The van der Waals surface area contributed by atoms with Crippen molar-refractivity contribution in [3.63, 3.8) is 0 Å². The van der Waals surface area contributed by atoms with Crippen molar-refractivity contribution in [3.05, 3.63) is 0 Å². The Labute approximate surface area is 101 Å². The largest absolute Gasteiger partial charge is 0.377 e. The Balaban J connectivity index is 2.37. The van der Waals surface area contributed by atoms with Crippen LogP contribution in [0.4, 0.5) is 0 Å². The van der Waals surface area contributed by atoms with Crippen LogP contribution in [0.15, 0.2) is 0 Å². The molecule has 0 saturated carbocycles. The molecule has 0 aromatic heterocycles. The van der Waals surface area contributed by atoms with Crippen molar-refractivity contribution in [2.45, 2.75) is 58.2 Å². The summed E-state index contributed by atoms with van der Waals surface area (Å²) in [5.74, 6) is 0. The van der Waals surface area contributed by atoms with Gasteiger partial charge in [0.1, 0.15) is 0 Å². The molecule has 1 aliphatic rings. The minimum absolute atomic E-state index is 0.459. The second kappa shape index (κ2) is 7.25. The summed E-state index contributed by atoms with van der Waals surface area (Å²) in [7, 11) is 2.04. The number of nitrogens with one attached hydrogen (secondary N) is 1. The van der Waals surface area contributed by atoms with E-state index in [4.69, 9.17) is 4.74 Å². The van der Waals surface area contributed by atoms with Crippen LogP contribution in [0.5, 0.6) is 0 Å². The number of likely N-dealkylation sites (N-methyl/N-ethyl adjacent to an activating group) is 1. The molecule has 96 valence electrons. The smallest absolute Gasteiger partial charge is 0.0702 e. The average Bonchev–Trinajstić information content (AvgIpc) is 2.34. The number of ether oxygens (including phenoxy) is 1. The maximum atomic E-state index is 5.86. The van der Waals surface area contributed by atoms with Gasteiger partial charge in [-0.3, -0.25) is 4.90 Å².